The predicted octanol–water partition coefficient (Wildman–Crippen LogP) is 1.21. The van der Waals surface area contributed by atoms with E-state index in [0.717, 1.165) is 6.07 Å². The molecule has 0 aromatic heterocycles. The van der Waals surface area contributed by atoms with Gasteiger partial charge in [0, 0.05) is 32.6 Å². The lowest BCUT2D eigenvalue weighted by Gasteiger charge is -2.41. The van der Waals surface area contributed by atoms with Crippen LogP contribution in [0.2, 0.25) is 0 Å². The molecular weight excluding hydrogens is 345 g/mol. The Morgan fingerprint density at radius 1 is 1.40 bits per heavy atom. The van der Waals surface area contributed by atoms with Gasteiger partial charge in [-0.15, -0.1) is 0 Å². The summed E-state index contributed by atoms with van der Waals surface area (Å²) in [6.45, 7) is 4.32. The number of aryl methyl sites for hydroxylation is 1. The Bertz CT molecular complexity index is 737. The minimum atomic E-state index is -3.76. The normalized spacial score (nSPS) is 22.2. The van der Waals surface area contributed by atoms with Gasteiger partial charge in [0.1, 0.15) is 5.82 Å². The molecular formula is C17H26FN3O3S. The van der Waals surface area contributed by atoms with Gasteiger partial charge in [0.25, 0.3) is 0 Å². The van der Waals surface area contributed by atoms with Crippen LogP contribution >= 0.6 is 0 Å². The molecule has 6 nitrogen and oxygen atoms in total. The maximum atomic E-state index is 13.6. The second-order valence-corrected chi connectivity index (χ2v) is 8.70. The van der Waals surface area contributed by atoms with E-state index in [1.807, 2.05) is 19.0 Å². The van der Waals surface area contributed by atoms with E-state index < -0.39 is 15.8 Å². The minimum Gasteiger partial charge on any atom is -0.356 e. The summed E-state index contributed by atoms with van der Waals surface area (Å²) < 4.78 is 40.9. The number of sulfonamides is 1. The van der Waals surface area contributed by atoms with Crippen molar-refractivity contribution in [2.45, 2.75) is 31.2 Å². The fourth-order valence-electron chi connectivity index (χ4n) is 3.26. The molecule has 0 spiro atoms. The fourth-order valence-corrected chi connectivity index (χ4v) is 4.97. The Labute approximate surface area is 149 Å². The maximum absolute atomic E-state index is 13.6. The van der Waals surface area contributed by atoms with Gasteiger partial charge in [-0.2, -0.15) is 4.31 Å². The number of carbonyl (C=O) groups is 1. The van der Waals surface area contributed by atoms with Gasteiger partial charge in [0.05, 0.1) is 4.90 Å². The minimum absolute atomic E-state index is 0.0188. The van der Waals surface area contributed by atoms with Gasteiger partial charge >= 0.3 is 0 Å². The first-order chi connectivity index (χ1) is 11.6. The standard InChI is InChI=1S/C17H26FN3O3S/c1-12-5-6-15(18)9-17(12)25(23,24)21-8-7-14(10-19-13(2)22)16(11-21)20(3)4/h5-6,9,14,16H,7-8,10-11H2,1-4H3,(H,19,22)/t14-,16-/m1/s1. The zero-order valence-electron chi connectivity index (χ0n) is 15.1. The monoisotopic (exact) mass is 371 g/mol. The van der Waals surface area contributed by atoms with Gasteiger partial charge in [0.2, 0.25) is 15.9 Å². The Morgan fingerprint density at radius 3 is 2.68 bits per heavy atom. The van der Waals surface area contributed by atoms with Gasteiger partial charge in [-0.3, -0.25) is 4.79 Å². The lowest BCUT2D eigenvalue weighted by molar-refractivity contribution is -0.119. The third-order valence-electron chi connectivity index (χ3n) is 4.73. The van der Waals surface area contributed by atoms with Crippen molar-refractivity contribution in [2.75, 3.05) is 33.7 Å². The summed E-state index contributed by atoms with van der Waals surface area (Å²) in [6, 6.07) is 3.80. The molecule has 1 N–H and O–H groups in total. The van der Waals surface area contributed by atoms with E-state index in [0.29, 0.717) is 31.6 Å². The van der Waals surface area contributed by atoms with Crippen LogP contribution < -0.4 is 5.32 Å². The summed E-state index contributed by atoms with van der Waals surface area (Å²) in [5.74, 6) is -0.490. The zero-order valence-corrected chi connectivity index (χ0v) is 15.9. The van der Waals surface area contributed by atoms with E-state index in [2.05, 4.69) is 5.32 Å². The summed E-state index contributed by atoms with van der Waals surface area (Å²) >= 11 is 0. The first kappa shape index (κ1) is 19.8. The molecule has 0 saturated carbocycles. The highest BCUT2D eigenvalue weighted by atomic mass is 32.2. The Hall–Kier alpha value is -1.51. The second-order valence-electron chi connectivity index (χ2n) is 6.79. The molecule has 25 heavy (non-hydrogen) atoms. The SMILES string of the molecule is CC(=O)NC[C@H]1CCN(S(=O)(=O)c2cc(F)ccc2C)C[C@H]1N(C)C. The lowest BCUT2D eigenvalue weighted by atomic mass is 9.92. The Morgan fingerprint density at radius 2 is 2.08 bits per heavy atom. The van der Waals surface area contributed by atoms with Crippen molar-refractivity contribution in [3.05, 3.63) is 29.6 Å². The van der Waals surface area contributed by atoms with Gasteiger partial charge in [-0.1, -0.05) is 6.07 Å². The van der Waals surface area contributed by atoms with Gasteiger partial charge in [-0.25, -0.2) is 12.8 Å². The van der Waals surface area contributed by atoms with Crippen LogP contribution in [0, 0.1) is 18.7 Å². The number of hydrogen-bond donors (Lipinski definition) is 1. The van der Waals surface area contributed by atoms with E-state index in [9.17, 15) is 17.6 Å². The van der Waals surface area contributed by atoms with Crippen molar-refractivity contribution in [3.8, 4) is 0 Å². The van der Waals surface area contributed by atoms with Crippen molar-refractivity contribution in [3.63, 3.8) is 0 Å². The molecule has 1 saturated heterocycles. The number of nitrogens with zero attached hydrogens (tertiary/aromatic N) is 2. The number of amides is 1. The average molecular weight is 371 g/mol. The van der Waals surface area contributed by atoms with Gasteiger partial charge in [-0.05, 0) is 51.1 Å². The lowest BCUT2D eigenvalue weighted by Crippen LogP contribution is -2.54. The molecule has 2 rings (SSSR count). The summed E-state index contributed by atoms with van der Waals surface area (Å²) in [4.78, 5) is 13.2. The average Bonchev–Trinajstić information content (AvgIpc) is 2.54. The predicted molar refractivity (Wildman–Crippen MR) is 94.2 cm³/mol. The number of carbonyl (C=O) groups excluding carboxylic acids is 1. The van der Waals surface area contributed by atoms with Crippen LogP contribution in [0.1, 0.15) is 18.9 Å². The first-order valence-electron chi connectivity index (χ1n) is 8.30. The number of halogens is 1. The molecule has 0 radical (unpaired) electrons. The van der Waals surface area contributed by atoms with Crippen LogP contribution in [0.15, 0.2) is 23.1 Å². The van der Waals surface area contributed by atoms with Gasteiger partial charge < -0.3 is 10.2 Å². The quantitative estimate of drug-likeness (QED) is 0.845. The molecule has 1 amide bonds. The van der Waals surface area contributed by atoms with Crippen LogP contribution in [0.5, 0.6) is 0 Å². The summed E-state index contributed by atoms with van der Waals surface area (Å²) in [6.07, 6.45) is 0.636. The van der Waals surface area contributed by atoms with Crippen LogP contribution in [0.4, 0.5) is 4.39 Å². The smallest absolute Gasteiger partial charge is 0.243 e. The molecule has 140 valence electrons. The van der Waals surface area contributed by atoms with Crippen LogP contribution in [0.25, 0.3) is 0 Å². The summed E-state index contributed by atoms with van der Waals surface area (Å²) in [5.41, 5.74) is 0.531. The van der Waals surface area contributed by atoms with E-state index >= 15 is 0 Å². The molecule has 0 bridgehead atoms. The van der Waals surface area contributed by atoms with Crippen molar-refractivity contribution in [2.24, 2.45) is 5.92 Å². The molecule has 8 heteroatoms. The molecule has 1 fully saturated rings. The third-order valence-corrected chi connectivity index (χ3v) is 6.74. The number of rotatable bonds is 5. The highest BCUT2D eigenvalue weighted by molar-refractivity contribution is 7.89. The molecule has 2 atom stereocenters. The van der Waals surface area contributed by atoms with Crippen molar-refractivity contribution in [1.82, 2.24) is 14.5 Å². The number of likely N-dealkylation sites (N-methyl/N-ethyl adjacent to an activating group) is 1. The van der Waals surface area contributed by atoms with Gasteiger partial charge in [0.15, 0.2) is 0 Å². The van der Waals surface area contributed by atoms with E-state index in [4.69, 9.17) is 0 Å². The topological polar surface area (TPSA) is 69.7 Å². The largest absolute Gasteiger partial charge is 0.356 e. The van der Waals surface area contributed by atoms with E-state index in [1.54, 1.807) is 6.92 Å². The van der Waals surface area contributed by atoms with Crippen LogP contribution in [0.3, 0.4) is 0 Å². The molecule has 1 aromatic carbocycles. The first-order valence-corrected chi connectivity index (χ1v) is 9.74. The highest BCUT2D eigenvalue weighted by Gasteiger charge is 2.37. The third kappa shape index (κ3) is 4.56. The van der Waals surface area contributed by atoms with E-state index in [1.165, 1.54) is 23.4 Å². The molecule has 1 heterocycles. The summed E-state index contributed by atoms with van der Waals surface area (Å²) in [5, 5.41) is 2.82. The highest BCUT2D eigenvalue weighted by Crippen LogP contribution is 2.27. The molecule has 0 unspecified atom stereocenters. The van der Waals surface area contributed by atoms with Crippen LogP contribution in [-0.4, -0.2) is 63.3 Å². The number of hydrogen-bond acceptors (Lipinski definition) is 4. The molecule has 1 aliphatic heterocycles. The van der Waals surface area contributed by atoms with Crippen molar-refractivity contribution >= 4 is 15.9 Å². The summed E-state index contributed by atoms with van der Waals surface area (Å²) in [7, 11) is 0.0386. The number of nitrogens with one attached hydrogen (secondary N) is 1. The second kappa shape index (κ2) is 7.80. The number of piperidine rings is 1. The molecule has 1 aliphatic rings. The van der Waals surface area contributed by atoms with E-state index in [-0.39, 0.29) is 22.8 Å². The Kier molecular flexibility index (Phi) is 6.18. The molecule has 0 aliphatic carbocycles. The van der Waals surface area contributed by atoms with Crippen molar-refractivity contribution in [1.29, 1.82) is 0 Å². The zero-order chi connectivity index (χ0) is 18.8. The maximum Gasteiger partial charge on any atom is 0.243 e. The number of benzene rings is 1. The fraction of sp³-hybridized carbons (Fsp3) is 0.588. The van der Waals surface area contributed by atoms with Crippen molar-refractivity contribution < 1.29 is 17.6 Å². The van der Waals surface area contributed by atoms with Crippen LogP contribution in [-0.2, 0) is 14.8 Å². The molecule has 1 aromatic rings. The Balaban J connectivity index is 2.23.